The lowest BCUT2D eigenvalue weighted by molar-refractivity contribution is -0.133. The van der Waals surface area contributed by atoms with E-state index in [1.807, 2.05) is 0 Å². The van der Waals surface area contributed by atoms with Crippen LogP contribution in [0.5, 0.6) is 0 Å². The monoisotopic (exact) mass is 286 g/mol. The lowest BCUT2D eigenvalue weighted by Crippen LogP contribution is -2.47. The van der Waals surface area contributed by atoms with Crippen LogP contribution in [-0.2, 0) is 4.79 Å². The number of nitrogens with one attached hydrogen (secondary N) is 1. The van der Waals surface area contributed by atoms with Crippen LogP contribution in [0, 0.1) is 0 Å². The molecule has 2 rings (SSSR count). The molecule has 0 saturated carbocycles. The molecular weight excluding hydrogens is 275 g/mol. The summed E-state index contributed by atoms with van der Waals surface area (Å²) in [4.78, 5) is 25.0. The van der Waals surface area contributed by atoms with Crippen molar-refractivity contribution in [1.82, 2.24) is 10.2 Å². The van der Waals surface area contributed by atoms with Gasteiger partial charge >= 0.3 is 0 Å². The Morgan fingerprint density at radius 1 is 1.22 bits per heavy atom. The largest absolute Gasteiger partial charge is 0.343 e. The van der Waals surface area contributed by atoms with Gasteiger partial charge in [0.15, 0.2) is 0 Å². The Balaban J connectivity index is 1.90. The first-order valence-electron chi connectivity index (χ1n) is 5.59. The van der Waals surface area contributed by atoms with Gasteiger partial charge in [0.25, 0.3) is 5.91 Å². The first-order chi connectivity index (χ1) is 8.58. The molecule has 1 aromatic rings. The van der Waals surface area contributed by atoms with E-state index in [1.54, 1.807) is 17.0 Å². The molecule has 0 aliphatic carbocycles. The lowest BCUT2D eigenvalue weighted by atomic mass is 10.2. The molecule has 0 radical (unpaired) electrons. The van der Waals surface area contributed by atoms with Crippen LogP contribution in [0.1, 0.15) is 16.8 Å². The summed E-state index contributed by atoms with van der Waals surface area (Å²) in [5, 5.41) is 3.27. The summed E-state index contributed by atoms with van der Waals surface area (Å²) in [7, 11) is 0. The molecule has 1 saturated heterocycles. The predicted octanol–water partition coefficient (Wildman–Crippen LogP) is 1.96. The topological polar surface area (TPSA) is 49.4 Å². The second-order valence-corrected chi connectivity index (χ2v) is 4.86. The number of rotatable bonds is 3. The van der Waals surface area contributed by atoms with E-state index < -0.39 is 0 Å². The predicted molar refractivity (Wildman–Crippen MR) is 70.0 cm³/mol. The Bertz CT molecular complexity index is 487. The fourth-order valence-corrected chi connectivity index (χ4v) is 1.87. The van der Waals surface area contributed by atoms with Gasteiger partial charge in [-0.15, -0.1) is 0 Å². The molecule has 0 aromatic heterocycles. The van der Waals surface area contributed by atoms with Crippen molar-refractivity contribution in [3.05, 3.63) is 33.8 Å². The summed E-state index contributed by atoms with van der Waals surface area (Å²) < 4.78 is 0. The van der Waals surface area contributed by atoms with Crippen LogP contribution in [0.15, 0.2) is 18.2 Å². The van der Waals surface area contributed by atoms with Crippen LogP contribution >= 0.6 is 23.2 Å². The molecule has 6 heteroatoms. The van der Waals surface area contributed by atoms with E-state index in [0.717, 1.165) is 19.5 Å². The summed E-state index contributed by atoms with van der Waals surface area (Å²) in [6.07, 6.45) is 1.03. The molecule has 1 aliphatic heterocycles. The number of likely N-dealkylation sites (tertiary alicyclic amines) is 1. The Labute approximate surface area is 115 Å². The number of hydrogen-bond acceptors (Lipinski definition) is 2. The molecule has 0 atom stereocenters. The second-order valence-electron chi connectivity index (χ2n) is 4.05. The van der Waals surface area contributed by atoms with Crippen LogP contribution in [0.4, 0.5) is 0 Å². The van der Waals surface area contributed by atoms with Gasteiger partial charge in [0.2, 0.25) is 5.91 Å². The molecule has 1 fully saturated rings. The number of carbonyl (C=O) groups excluding carboxylic acids is 2. The number of hydrogen-bond donors (Lipinski definition) is 1. The van der Waals surface area contributed by atoms with E-state index in [-0.39, 0.29) is 18.4 Å². The SMILES string of the molecule is O=C(NCC(=O)N1CCC1)c1ccc(Cl)c(Cl)c1. The minimum Gasteiger partial charge on any atom is -0.343 e. The third kappa shape index (κ3) is 2.94. The number of nitrogens with zero attached hydrogens (tertiary/aromatic N) is 1. The maximum Gasteiger partial charge on any atom is 0.251 e. The van der Waals surface area contributed by atoms with Crippen molar-refractivity contribution in [3.8, 4) is 0 Å². The van der Waals surface area contributed by atoms with Gasteiger partial charge in [-0.1, -0.05) is 23.2 Å². The van der Waals surface area contributed by atoms with E-state index in [1.165, 1.54) is 6.07 Å². The Kier molecular flexibility index (Phi) is 4.09. The Morgan fingerprint density at radius 2 is 1.94 bits per heavy atom. The lowest BCUT2D eigenvalue weighted by Gasteiger charge is -2.30. The molecule has 0 bridgehead atoms. The van der Waals surface area contributed by atoms with Crippen molar-refractivity contribution in [2.75, 3.05) is 19.6 Å². The van der Waals surface area contributed by atoms with E-state index in [9.17, 15) is 9.59 Å². The van der Waals surface area contributed by atoms with Crippen LogP contribution in [-0.4, -0.2) is 36.3 Å². The van der Waals surface area contributed by atoms with Gasteiger partial charge in [-0.05, 0) is 24.6 Å². The summed E-state index contributed by atoms with van der Waals surface area (Å²) >= 11 is 11.6. The van der Waals surface area contributed by atoms with Gasteiger partial charge in [0, 0.05) is 18.7 Å². The van der Waals surface area contributed by atoms with Crippen molar-refractivity contribution in [1.29, 1.82) is 0 Å². The highest BCUT2D eigenvalue weighted by Crippen LogP contribution is 2.22. The van der Waals surface area contributed by atoms with Crippen LogP contribution < -0.4 is 5.32 Å². The van der Waals surface area contributed by atoms with Crippen molar-refractivity contribution in [2.24, 2.45) is 0 Å². The highest BCUT2D eigenvalue weighted by molar-refractivity contribution is 6.42. The average molecular weight is 287 g/mol. The fourth-order valence-electron chi connectivity index (χ4n) is 1.57. The van der Waals surface area contributed by atoms with Crippen molar-refractivity contribution in [3.63, 3.8) is 0 Å². The van der Waals surface area contributed by atoms with Gasteiger partial charge in [-0.25, -0.2) is 0 Å². The standard InChI is InChI=1S/C12H12Cl2N2O2/c13-9-3-2-8(6-10(9)14)12(18)15-7-11(17)16-4-1-5-16/h2-3,6H,1,4-5,7H2,(H,15,18). The third-order valence-corrected chi connectivity index (χ3v) is 3.53. The number of benzene rings is 1. The molecule has 4 nitrogen and oxygen atoms in total. The zero-order chi connectivity index (χ0) is 13.1. The minimum absolute atomic E-state index is 0.0130. The molecular formula is C12H12Cl2N2O2. The summed E-state index contributed by atoms with van der Waals surface area (Å²) in [6.45, 7) is 1.57. The zero-order valence-corrected chi connectivity index (χ0v) is 11.1. The van der Waals surface area contributed by atoms with Crippen LogP contribution in [0.25, 0.3) is 0 Å². The highest BCUT2D eigenvalue weighted by atomic mass is 35.5. The number of amides is 2. The zero-order valence-electron chi connectivity index (χ0n) is 9.58. The highest BCUT2D eigenvalue weighted by Gasteiger charge is 2.20. The van der Waals surface area contributed by atoms with E-state index >= 15 is 0 Å². The van der Waals surface area contributed by atoms with Gasteiger partial charge in [0.1, 0.15) is 0 Å². The third-order valence-electron chi connectivity index (χ3n) is 2.79. The van der Waals surface area contributed by atoms with E-state index in [4.69, 9.17) is 23.2 Å². The molecule has 2 amide bonds. The summed E-state index contributed by atoms with van der Waals surface area (Å²) in [5.41, 5.74) is 0.390. The van der Waals surface area contributed by atoms with Gasteiger partial charge in [-0.3, -0.25) is 9.59 Å². The first kappa shape index (κ1) is 13.2. The van der Waals surface area contributed by atoms with Crippen LogP contribution in [0.2, 0.25) is 10.0 Å². The maximum absolute atomic E-state index is 11.8. The minimum atomic E-state index is -0.331. The number of halogens is 2. The summed E-state index contributed by atoms with van der Waals surface area (Å²) in [5.74, 6) is -0.392. The molecule has 0 spiro atoms. The number of carbonyl (C=O) groups is 2. The average Bonchev–Trinajstić information content (AvgIpc) is 2.27. The molecule has 18 heavy (non-hydrogen) atoms. The molecule has 1 aliphatic rings. The van der Waals surface area contributed by atoms with Gasteiger partial charge < -0.3 is 10.2 Å². The van der Waals surface area contributed by atoms with Gasteiger partial charge in [-0.2, -0.15) is 0 Å². The van der Waals surface area contributed by atoms with Crippen molar-refractivity contribution in [2.45, 2.75) is 6.42 Å². The van der Waals surface area contributed by atoms with E-state index in [0.29, 0.717) is 15.6 Å². The summed E-state index contributed by atoms with van der Waals surface area (Å²) in [6, 6.07) is 4.60. The van der Waals surface area contributed by atoms with E-state index in [2.05, 4.69) is 5.32 Å². The first-order valence-corrected chi connectivity index (χ1v) is 6.34. The Hall–Kier alpha value is -1.26. The molecule has 96 valence electrons. The molecule has 1 heterocycles. The van der Waals surface area contributed by atoms with Crippen molar-refractivity contribution >= 4 is 35.0 Å². The molecule has 1 N–H and O–H groups in total. The van der Waals surface area contributed by atoms with Crippen molar-refractivity contribution < 1.29 is 9.59 Å². The molecule has 0 unspecified atom stereocenters. The van der Waals surface area contributed by atoms with Crippen LogP contribution in [0.3, 0.4) is 0 Å². The van der Waals surface area contributed by atoms with Gasteiger partial charge in [0.05, 0.1) is 16.6 Å². The second kappa shape index (κ2) is 5.59. The smallest absolute Gasteiger partial charge is 0.251 e. The normalized spacial score (nSPS) is 14.0. The Morgan fingerprint density at radius 3 is 2.50 bits per heavy atom. The fraction of sp³-hybridized carbons (Fsp3) is 0.333. The molecule has 1 aromatic carbocycles. The maximum atomic E-state index is 11.8. The quantitative estimate of drug-likeness (QED) is 0.923.